The van der Waals surface area contributed by atoms with E-state index in [-0.39, 0.29) is 5.91 Å². The zero-order chi connectivity index (χ0) is 10.8. The van der Waals surface area contributed by atoms with Crippen LogP contribution in [0, 0.1) is 5.92 Å². The van der Waals surface area contributed by atoms with Gasteiger partial charge in [0, 0.05) is 19.3 Å². The minimum atomic E-state index is -0.836. The molecule has 2 rings (SSSR count). The third kappa shape index (κ3) is 1.83. The Kier molecular flexibility index (Phi) is 2.40. The smallest absolute Gasteiger partial charge is 0.308 e. The van der Waals surface area contributed by atoms with Gasteiger partial charge in [0.15, 0.2) is 0 Å². The van der Waals surface area contributed by atoms with Crippen molar-refractivity contribution in [2.75, 3.05) is 13.1 Å². The first-order valence-corrected chi connectivity index (χ1v) is 4.69. The molecule has 0 bridgehead atoms. The van der Waals surface area contributed by atoms with Crippen LogP contribution in [-0.4, -0.2) is 45.2 Å². The normalized spacial score (nSPS) is 20.5. The van der Waals surface area contributed by atoms with Crippen LogP contribution in [0.25, 0.3) is 0 Å². The Balaban J connectivity index is 2.02. The van der Waals surface area contributed by atoms with Crippen molar-refractivity contribution in [1.82, 2.24) is 15.1 Å². The van der Waals surface area contributed by atoms with Gasteiger partial charge in [0.05, 0.1) is 17.7 Å². The van der Waals surface area contributed by atoms with E-state index in [0.717, 1.165) is 0 Å². The molecule has 0 aromatic carbocycles. The van der Waals surface area contributed by atoms with Crippen LogP contribution in [0.5, 0.6) is 0 Å². The Hall–Kier alpha value is -1.85. The molecule has 1 aliphatic rings. The van der Waals surface area contributed by atoms with Crippen LogP contribution in [0.4, 0.5) is 0 Å². The van der Waals surface area contributed by atoms with Crippen molar-refractivity contribution < 1.29 is 14.7 Å². The first-order chi connectivity index (χ1) is 7.18. The fourth-order valence-corrected chi connectivity index (χ4v) is 1.70. The number of carbonyl (C=O) groups excluding carboxylic acids is 1. The Morgan fingerprint density at radius 3 is 2.93 bits per heavy atom. The summed E-state index contributed by atoms with van der Waals surface area (Å²) in [5.74, 6) is -1.43. The van der Waals surface area contributed by atoms with Gasteiger partial charge in [-0.05, 0) is 6.42 Å². The summed E-state index contributed by atoms with van der Waals surface area (Å²) in [6.07, 6.45) is 3.48. The molecule has 0 radical (unpaired) electrons. The maximum absolute atomic E-state index is 11.7. The number of hydrogen-bond donors (Lipinski definition) is 2. The van der Waals surface area contributed by atoms with Gasteiger partial charge in [-0.2, -0.15) is 5.10 Å². The molecule has 1 aliphatic heterocycles. The van der Waals surface area contributed by atoms with Crippen LogP contribution in [0.15, 0.2) is 12.4 Å². The number of H-pyrrole nitrogens is 1. The van der Waals surface area contributed by atoms with Gasteiger partial charge in [-0.25, -0.2) is 0 Å². The number of amides is 1. The Labute approximate surface area is 85.9 Å². The number of carboxylic acid groups (broad SMARTS) is 1. The summed E-state index contributed by atoms with van der Waals surface area (Å²) in [6.45, 7) is 0.792. The Morgan fingerprint density at radius 1 is 1.60 bits per heavy atom. The zero-order valence-corrected chi connectivity index (χ0v) is 8.01. The number of carbonyl (C=O) groups is 2. The number of nitrogens with one attached hydrogen (secondary N) is 1. The lowest BCUT2D eigenvalue weighted by Crippen LogP contribution is -2.29. The lowest BCUT2D eigenvalue weighted by molar-refractivity contribution is -0.141. The van der Waals surface area contributed by atoms with Gasteiger partial charge in [-0.3, -0.25) is 14.7 Å². The quantitative estimate of drug-likeness (QED) is 0.715. The van der Waals surface area contributed by atoms with Gasteiger partial charge in [0.2, 0.25) is 0 Å². The lowest BCUT2D eigenvalue weighted by atomic mass is 10.1. The van der Waals surface area contributed by atoms with E-state index in [1.54, 1.807) is 4.90 Å². The maximum Gasteiger partial charge on any atom is 0.308 e. The summed E-state index contributed by atoms with van der Waals surface area (Å²) in [5.41, 5.74) is 0.473. The first-order valence-electron chi connectivity index (χ1n) is 4.69. The number of aliphatic carboxylic acids is 1. The van der Waals surface area contributed by atoms with Crippen LogP contribution in [-0.2, 0) is 4.79 Å². The van der Waals surface area contributed by atoms with E-state index in [9.17, 15) is 9.59 Å². The summed E-state index contributed by atoms with van der Waals surface area (Å²) < 4.78 is 0. The highest BCUT2D eigenvalue weighted by Gasteiger charge is 2.31. The number of nitrogens with zero attached hydrogens (tertiary/aromatic N) is 2. The standard InChI is InChI=1S/C9H11N3O3/c13-8(7-3-10-11-4-7)12-2-1-6(5-12)9(14)15/h3-4,6H,1-2,5H2,(H,10,11)(H,14,15)/t6-/m0/s1. The molecular formula is C9H11N3O3. The first kappa shape index (κ1) is 9.70. The number of aromatic nitrogens is 2. The topological polar surface area (TPSA) is 86.3 Å². The number of likely N-dealkylation sites (tertiary alicyclic amines) is 1. The van der Waals surface area contributed by atoms with E-state index in [1.165, 1.54) is 12.4 Å². The number of rotatable bonds is 2. The molecule has 1 aromatic heterocycles. The molecule has 1 amide bonds. The molecule has 0 aliphatic carbocycles. The van der Waals surface area contributed by atoms with E-state index >= 15 is 0 Å². The molecule has 80 valence electrons. The number of aromatic amines is 1. The third-order valence-corrected chi connectivity index (χ3v) is 2.57. The summed E-state index contributed by atoms with van der Waals surface area (Å²) in [7, 11) is 0. The van der Waals surface area contributed by atoms with Gasteiger partial charge < -0.3 is 10.0 Å². The highest BCUT2D eigenvalue weighted by atomic mass is 16.4. The largest absolute Gasteiger partial charge is 0.481 e. The molecule has 6 heteroatoms. The second-order valence-corrected chi connectivity index (χ2v) is 3.56. The SMILES string of the molecule is O=C(O)[C@H]1CCN(C(=O)c2cn[nH]c2)C1. The van der Waals surface area contributed by atoms with Gasteiger partial charge >= 0.3 is 5.97 Å². The van der Waals surface area contributed by atoms with E-state index < -0.39 is 11.9 Å². The van der Waals surface area contributed by atoms with E-state index in [1.807, 2.05) is 0 Å². The average Bonchev–Trinajstić information content (AvgIpc) is 2.88. The molecule has 2 heterocycles. The predicted octanol–water partition coefficient (Wildman–Crippen LogP) is -0.0436. The number of carboxylic acids is 1. The second kappa shape index (κ2) is 3.72. The summed E-state index contributed by atoms with van der Waals surface area (Å²) in [5, 5.41) is 15.0. The molecule has 1 aromatic rings. The molecule has 0 saturated carbocycles. The van der Waals surface area contributed by atoms with Crippen molar-refractivity contribution in [3.8, 4) is 0 Å². The van der Waals surface area contributed by atoms with Crippen molar-refractivity contribution in [2.24, 2.45) is 5.92 Å². The van der Waals surface area contributed by atoms with Gasteiger partial charge in [-0.15, -0.1) is 0 Å². The van der Waals surface area contributed by atoms with E-state index in [4.69, 9.17) is 5.11 Å². The van der Waals surface area contributed by atoms with Crippen molar-refractivity contribution in [1.29, 1.82) is 0 Å². The fourth-order valence-electron chi connectivity index (χ4n) is 1.70. The van der Waals surface area contributed by atoms with E-state index in [0.29, 0.717) is 25.1 Å². The highest BCUT2D eigenvalue weighted by molar-refractivity contribution is 5.94. The van der Waals surface area contributed by atoms with Gasteiger partial charge in [0.25, 0.3) is 5.91 Å². The van der Waals surface area contributed by atoms with Crippen LogP contribution in [0.2, 0.25) is 0 Å². The molecule has 2 N–H and O–H groups in total. The molecule has 1 atom stereocenters. The Morgan fingerprint density at radius 2 is 2.40 bits per heavy atom. The molecule has 6 nitrogen and oxygen atoms in total. The predicted molar refractivity (Wildman–Crippen MR) is 50.2 cm³/mol. The van der Waals surface area contributed by atoms with Crippen LogP contribution in [0.3, 0.4) is 0 Å². The maximum atomic E-state index is 11.7. The third-order valence-electron chi connectivity index (χ3n) is 2.57. The van der Waals surface area contributed by atoms with Crippen LogP contribution < -0.4 is 0 Å². The van der Waals surface area contributed by atoms with Crippen LogP contribution >= 0.6 is 0 Å². The molecule has 15 heavy (non-hydrogen) atoms. The van der Waals surface area contributed by atoms with E-state index in [2.05, 4.69) is 10.2 Å². The fraction of sp³-hybridized carbons (Fsp3) is 0.444. The molecule has 1 saturated heterocycles. The summed E-state index contributed by atoms with van der Waals surface area (Å²) in [4.78, 5) is 24.0. The van der Waals surface area contributed by atoms with Gasteiger partial charge in [-0.1, -0.05) is 0 Å². The minimum Gasteiger partial charge on any atom is -0.481 e. The molecule has 0 spiro atoms. The molecule has 1 fully saturated rings. The van der Waals surface area contributed by atoms with Crippen molar-refractivity contribution in [3.05, 3.63) is 18.0 Å². The van der Waals surface area contributed by atoms with Crippen LogP contribution in [0.1, 0.15) is 16.8 Å². The van der Waals surface area contributed by atoms with Crippen molar-refractivity contribution in [2.45, 2.75) is 6.42 Å². The average molecular weight is 209 g/mol. The second-order valence-electron chi connectivity index (χ2n) is 3.56. The molecular weight excluding hydrogens is 198 g/mol. The van der Waals surface area contributed by atoms with Crippen molar-refractivity contribution >= 4 is 11.9 Å². The molecule has 0 unspecified atom stereocenters. The summed E-state index contributed by atoms with van der Waals surface area (Å²) in [6, 6.07) is 0. The van der Waals surface area contributed by atoms with Crippen molar-refractivity contribution in [3.63, 3.8) is 0 Å². The zero-order valence-electron chi connectivity index (χ0n) is 8.01. The highest BCUT2D eigenvalue weighted by Crippen LogP contribution is 2.18. The summed E-state index contributed by atoms with van der Waals surface area (Å²) >= 11 is 0. The monoisotopic (exact) mass is 209 g/mol. The lowest BCUT2D eigenvalue weighted by Gasteiger charge is -2.13. The Bertz CT molecular complexity index is 374. The number of hydrogen-bond acceptors (Lipinski definition) is 3. The minimum absolute atomic E-state index is 0.160. The van der Waals surface area contributed by atoms with Gasteiger partial charge in [0.1, 0.15) is 0 Å².